The number of nitrogens with zero attached hydrogens (tertiary/aromatic N) is 2. The molecule has 0 atom stereocenters. The van der Waals surface area contributed by atoms with E-state index in [1.165, 1.54) is 11.3 Å². The molecule has 1 amide bonds. The molecule has 0 spiro atoms. The van der Waals surface area contributed by atoms with Crippen molar-refractivity contribution in [2.75, 3.05) is 7.11 Å². The van der Waals surface area contributed by atoms with E-state index in [9.17, 15) is 4.79 Å². The van der Waals surface area contributed by atoms with Gasteiger partial charge in [0.25, 0.3) is 5.91 Å². The lowest BCUT2D eigenvalue weighted by Gasteiger charge is -2.03. The summed E-state index contributed by atoms with van der Waals surface area (Å²) in [5.74, 6) is 0.653. The maximum atomic E-state index is 12.4. The number of nitrogens with one attached hydrogen (secondary N) is 1. The van der Waals surface area contributed by atoms with E-state index in [2.05, 4.69) is 15.3 Å². The van der Waals surface area contributed by atoms with Crippen molar-refractivity contribution in [3.8, 4) is 16.3 Å². The van der Waals surface area contributed by atoms with Crippen LogP contribution in [0.1, 0.15) is 20.9 Å². The Morgan fingerprint density at radius 1 is 1.25 bits per heavy atom. The first-order valence-corrected chi connectivity index (χ1v) is 8.28. The van der Waals surface area contributed by atoms with Crippen molar-refractivity contribution in [3.63, 3.8) is 0 Å². The molecule has 122 valence electrons. The summed E-state index contributed by atoms with van der Waals surface area (Å²) >= 11 is 1.38. The first-order valence-electron chi connectivity index (χ1n) is 7.46. The molecular formula is C18H17N3O2S. The van der Waals surface area contributed by atoms with Crippen molar-refractivity contribution in [1.82, 2.24) is 15.3 Å². The number of rotatable bonds is 5. The zero-order chi connectivity index (χ0) is 16.9. The van der Waals surface area contributed by atoms with Crippen LogP contribution in [-0.4, -0.2) is 23.0 Å². The maximum Gasteiger partial charge on any atom is 0.263 e. The van der Waals surface area contributed by atoms with Crippen molar-refractivity contribution in [3.05, 3.63) is 64.9 Å². The fourth-order valence-corrected chi connectivity index (χ4v) is 3.23. The van der Waals surface area contributed by atoms with Crippen LogP contribution in [0.15, 0.2) is 48.8 Å². The molecule has 0 bridgehead atoms. The highest BCUT2D eigenvalue weighted by molar-refractivity contribution is 7.17. The second-order valence-corrected chi connectivity index (χ2v) is 6.20. The van der Waals surface area contributed by atoms with Gasteiger partial charge in [-0.15, -0.1) is 11.3 Å². The molecule has 0 aliphatic heterocycles. The number of amides is 1. The first-order chi connectivity index (χ1) is 11.7. The van der Waals surface area contributed by atoms with Gasteiger partial charge in [0.2, 0.25) is 0 Å². The number of benzene rings is 1. The topological polar surface area (TPSA) is 64.1 Å². The smallest absolute Gasteiger partial charge is 0.263 e. The lowest BCUT2D eigenvalue weighted by molar-refractivity contribution is 0.0954. The number of pyridine rings is 1. The molecule has 2 heterocycles. The van der Waals surface area contributed by atoms with Gasteiger partial charge in [0.15, 0.2) is 0 Å². The summed E-state index contributed by atoms with van der Waals surface area (Å²) in [6.07, 6.45) is 3.42. The van der Waals surface area contributed by atoms with Gasteiger partial charge in [-0.1, -0.05) is 12.1 Å². The van der Waals surface area contributed by atoms with Gasteiger partial charge in [-0.05, 0) is 36.8 Å². The number of hydrogen-bond donors (Lipinski definition) is 1. The summed E-state index contributed by atoms with van der Waals surface area (Å²) in [4.78, 5) is 21.5. The highest BCUT2D eigenvalue weighted by Crippen LogP contribution is 2.30. The van der Waals surface area contributed by atoms with E-state index in [0.717, 1.165) is 27.6 Å². The second kappa shape index (κ2) is 7.23. The monoisotopic (exact) mass is 339 g/mol. The lowest BCUT2D eigenvalue weighted by Crippen LogP contribution is -2.22. The van der Waals surface area contributed by atoms with E-state index in [1.807, 2.05) is 43.3 Å². The summed E-state index contributed by atoms with van der Waals surface area (Å²) in [5, 5.41) is 3.73. The number of aryl methyl sites for hydroxylation is 1. The molecule has 0 radical (unpaired) electrons. The Labute approximate surface area is 144 Å². The van der Waals surface area contributed by atoms with E-state index in [4.69, 9.17) is 4.74 Å². The number of carbonyl (C=O) groups excluding carboxylic acids is 1. The molecule has 0 unspecified atom stereocenters. The third-order valence-corrected chi connectivity index (χ3v) is 4.73. The van der Waals surface area contributed by atoms with Gasteiger partial charge in [-0.2, -0.15) is 0 Å². The summed E-state index contributed by atoms with van der Waals surface area (Å²) in [7, 11) is 1.63. The molecule has 1 N–H and O–H groups in total. The number of methoxy groups -OCH3 is 1. The third-order valence-electron chi connectivity index (χ3n) is 3.52. The van der Waals surface area contributed by atoms with E-state index in [0.29, 0.717) is 11.4 Å². The largest absolute Gasteiger partial charge is 0.497 e. The molecule has 3 aromatic rings. The van der Waals surface area contributed by atoms with Crippen LogP contribution in [0, 0.1) is 6.92 Å². The maximum absolute atomic E-state index is 12.4. The molecular weight excluding hydrogens is 322 g/mol. The molecule has 0 aliphatic carbocycles. The third kappa shape index (κ3) is 3.60. The van der Waals surface area contributed by atoms with Gasteiger partial charge in [-0.3, -0.25) is 9.78 Å². The van der Waals surface area contributed by atoms with E-state index in [1.54, 1.807) is 19.5 Å². The molecule has 6 heteroatoms. The van der Waals surface area contributed by atoms with Crippen LogP contribution in [-0.2, 0) is 6.54 Å². The van der Waals surface area contributed by atoms with E-state index >= 15 is 0 Å². The van der Waals surface area contributed by atoms with Gasteiger partial charge < -0.3 is 10.1 Å². The summed E-state index contributed by atoms with van der Waals surface area (Å²) < 4.78 is 5.24. The number of ether oxygens (including phenoxy) is 1. The lowest BCUT2D eigenvalue weighted by atomic mass is 10.2. The van der Waals surface area contributed by atoms with Crippen molar-refractivity contribution in [1.29, 1.82) is 0 Å². The van der Waals surface area contributed by atoms with Crippen LogP contribution in [0.4, 0.5) is 0 Å². The van der Waals surface area contributed by atoms with Gasteiger partial charge >= 0.3 is 0 Å². The Morgan fingerprint density at radius 2 is 2.04 bits per heavy atom. The molecule has 2 aromatic heterocycles. The molecule has 0 aliphatic rings. The standard InChI is InChI=1S/C18H17N3O2S/c1-12-16(17(22)20-11-13-6-8-19-9-7-13)24-18(21-12)14-4-3-5-15(10-14)23-2/h3-10H,11H2,1-2H3,(H,20,22). The molecule has 3 rings (SSSR count). The molecule has 0 fully saturated rings. The predicted molar refractivity (Wildman–Crippen MR) is 94.2 cm³/mol. The molecule has 0 saturated carbocycles. The van der Waals surface area contributed by atoms with Crippen LogP contribution in [0.3, 0.4) is 0 Å². The Morgan fingerprint density at radius 3 is 2.79 bits per heavy atom. The SMILES string of the molecule is COc1cccc(-c2nc(C)c(C(=O)NCc3ccncc3)s2)c1. The minimum absolute atomic E-state index is 0.115. The van der Waals surface area contributed by atoms with Gasteiger partial charge in [0, 0.05) is 24.5 Å². The number of aromatic nitrogens is 2. The fraction of sp³-hybridized carbons (Fsp3) is 0.167. The number of hydrogen-bond acceptors (Lipinski definition) is 5. The van der Waals surface area contributed by atoms with Crippen LogP contribution in [0.25, 0.3) is 10.6 Å². The predicted octanol–water partition coefficient (Wildman–Crippen LogP) is 3.45. The Balaban J connectivity index is 1.77. The van der Waals surface area contributed by atoms with Gasteiger partial charge in [-0.25, -0.2) is 4.98 Å². The Hall–Kier alpha value is -2.73. The average molecular weight is 339 g/mol. The van der Waals surface area contributed by atoms with E-state index in [-0.39, 0.29) is 5.91 Å². The highest BCUT2D eigenvalue weighted by Gasteiger charge is 2.16. The summed E-state index contributed by atoms with van der Waals surface area (Å²) in [5.41, 5.74) is 2.68. The second-order valence-electron chi connectivity index (χ2n) is 5.20. The summed E-state index contributed by atoms with van der Waals surface area (Å²) in [6.45, 7) is 2.31. The Kier molecular flexibility index (Phi) is 4.86. The molecule has 1 aromatic carbocycles. The van der Waals surface area contributed by atoms with Crippen molar-refractivity contribution in [2.24, 2.45) is 0 Å². The minimum atomic E-state index is -0.115. The van der Waals surface area contributed by atoms with Gasteiger partial charge in [0.05, 0.1) is 12.8 Å². The number of thiazole rings is 1. The molecule has 0 saturated heterocycles. The Bertz CT molecular complexity index is 846. The fourth-order valence-electron chi connectivity index (χ4n) is 2.25. The van der Waals surface area contributed by atoms with E-state index < -0.39 is 0 Å². The minimum Gasteiger partial charge on any atom is -0.497 e. The summed E-state index contributed by atoms with van der Waals surface area (Å²) in [6, 6.07) is 11.4. The average Bonchev–Trinajstić information content (AvgIpc) is 3.02. The zero-order valence-electron chi connectivity index (χ0n) is 13.4. The highest BCUT2D eigenvalue weighted by atomic mass is 32.1. The molecule has 5 nitrogen and oxygen atoms in total. The van der Waals surface area contributed by atoms with Crippen LogP contribution in [0.2, 0.25) is 0 Å². The number of carbonyl (C=O) groups is 1. The quantitative estimate of drug-likeness (QED) is 0.773. The van der Waals surface area contributed by atoms with Crippen molar-refractivity contribution < 1.29 is 9.53 Å². The van der Waals surface area contributed by atoms with Gasteiger partial charge in [0.1, 0.15) is 15.6 Å². The molecule has 24 heavy (non-hydrogen) atoms. The van der Waals surface area contributed by atoms with Crippen LogP contribution < -0.4 is 10.1 Å². The normalized spacial score (nSPS) is 10.4. The van der Waals surface area contributed by atoms with Crippen LogP contribution >= 0.6 is 11.3 Å². The zero-order valence-corrected chi connectivity index (χ0v) is 14.3. The van der Waals surface area contributed by atoms with Crippen molar-refractivity contribution >= 4 is 17.2 Å². The van der Waals surface area contributed by atoms with Crippen LogP contribution in [0.5, 0.6) is 5.75 Å². The van der Waals surface area contributed by atoms with Crippen molar-refractivity contribution in [2.45, 2.75) is 13.5 Å². The first kappa shape index (κ1) is 16.1.